The SMILES string of the molecule is COCCC(C)(CN)N(C)C(C)C(C)C. The lowest BCUT2D eigenvalue weighted by atomic mass is 9.92. The van der Waals surface area contributed by atoms with Gasteiger partial charge in [-0.1, -0.05) is 13.8 Å². The van der Waals surface area contributed by atoms with Crippen molar-refractivity contribution < 1.29 is 4.74 Å². The van der Waals surface area contributed by atoms with Gasteiger partial charge in [-0.25, -0.2) is 0 Å². The van der Waals surface area contributed by atoms with Crippen LogP contribution in [-0.2, 0) is 4.74 Å². The smallest absolute Gasteiger partial charge is 0.0480 e. The van der Waals surface area contributed by atoms with Gasteiger partial charge in [0.1, 0.15) is 0 Å². The highest BCUT2D eigenvalue weighted by Crippen LogP contribution is 2.22. The highest BCUT2D eigenvalue weighted by Gasteiger charge is 2.31. The Morgan fingerprint density at radius 3 is 2.20 bits per heavy atom. The minimum absolute atomic E-state index is 0.0414. The van der Waals surface area contributed by atoms with Gasteiger partial charge in [0.2, 0.25) is 0 Å². The summed E-state index contributed by atoms with van der Waals surface area (Å²) in [5, 5.41) is 0. The Kier molecular flexibility index (Phi) is 6.41. The lowest BCUT2D eigenvalue weighted by molar-refractivity contribution is 0.0463. The van der Waals surface area contributed by atoms with Crippen LogP contribution in [0.25, 0.3) is 0 Å². The molecular formula is C12H28N2O. The summed E-state index contributed by atoms with van der Waals surface area (Å²) in [7, 11) is 3.90. The van der Waals surface area contributed by atoms with Crippen molar-refractivity contribution in [3.05, 3.63) is 0 Å². The first-order chi connectivity index (χ1) is 6.89. The molecule has 0 aromatic heterocycles. The van der Waals surface area contributed by atoms with Crippen molar-refractivity contribution in [1.29, 1.82) is 0 Å². The summed E-state index contributed by atoms with van der Waals surface area (Å²) < 4.78 is 5.15. The minimum Gasteiger partial charge on any atom is -0.385 e. The maximum atomic E-state index is 5.89. The zero-order valence-corrected chi connectivity index (χ0v) is 11.2. The van der Waals surface area contributed by atoms with Crippen LogP contribution in [-0.4, -0.2) is 43.8 Å². The second kappa shape index (κ2) is 6.46. The maximum absolute atomic E-state index is 5.89. The zero-order chi connectivity index (χ0) is 12.1. The number of nitrogens with two attached hydrogens (primary N) is 1. The third-order valence-corrected chi connectivity index (χ3v) is 3.71. The van der Waals surface area contributed by atoms with Crippen LogP contribution >= 0.6 is 0 Å². The third kappa shape index (κ3) is 4.09. The molecule has 0 radical (unpaired) electrons. The van der Waals surface area contributed by atoms with Gasteiger partial charge in [-0.05, 0) is 33.2 Å². The van der Waals surface area contributed by atoms with Crippen LogP contribution in [0.4, 0.5) is 0 Å². The largest absolute Gasteiger partial charge is 0.385 e. The van der Waals surface area contributed by atoms with Gasteiger partial charge in [0.15, 0.2) is 0 Å². The minimum atomic E-state index is 0.0414. The first-order valence-corrected chi connectivity index (χ1v) is 5.81. The van der Waals surface area contributed by atoms with E-state index >= 15 is 0 Å². The molecule has 0 saturated heterocycles. The van der Waals surface area contributed by atoms with Crippen LogP contribution in [0.3, 0.4) is 0 Å². The predicted molar refractivity (Wildman–Crippen MR) is 66.0 cm³/mol. The Balaban J connectivity index is 4.48. The van der Waals surface area contributed by atoms with Gasteiger partial charge in [-0.15, -0.1) is 0 Å². The number of hydrogen-bond donors (Lipinski definition) is 1. The molecule has 0 rings (SSSR count). The molecule has 2 atom stereocenters. The molecule has 2 N–H and O–H groups in total. The average Bonchev–Trinajstić information content (AvgIpc) is 2.23. The first kappa shape index (κ1) is 14.9. The summed E-state index contributed by atoms with van der Waals surface area (Å²) in [5.74, 6) is 0.642. The lowest BCUT2D eigenvalue weighted by Gasteiger charge is -2.43. The van der Waals surface area contributed by atoms with Crippen LogP contribution in [0.5, 0.6) is 0 Å². The van der Waals surface area contributed by atoms with Crippen LogP contribution < -0.4 is 5.73 Å². The maximum Gasteiger partial charge on any atom is 0.0480 e. The van der Waals surface area contributed by atoms with E-state index in [1.807, 2.05) is 0 Å². The summed E-state index contributed by atoms with van der Waals surface area (Å²) in [6.07, 6.45) is 0.980. The van der Waals surface area contributed by atoms with E-state index in [2.05, 4.69) is 39.6 Å². The van der Waals surface area contributed by atoms with Crippen LogP contribution in [0.1, 0.15) is 34.1 Å². The molecule has 0 saturated carbocycles. The molecule has 3 nitrogen and oxygen atoms in total. The van der Waals surface area contributed by atoms with E-state index in [4.69, 9.17) is 10.5 Å². The molecule has 0 aromatic carbocycles. The molecule has 0 heterocycles. The van der Waals surface area contributed by atoms with E-state index in [1.54, 1.807) is 7.11 Å². The first-order valence-electron chi connectivity index (χ1n) is 5.81. The van der Waals surface area contributed by atoms with Gasteiger partial charge < -0.3 is 10.5 Å². The monoisotopic (exact) mass is 216 g/mol. The zero-order valence-electron chi connectivity index (χ0n) is 11.2. The molecule has 0 aliphatic heterocycles. The number of ether oxygens (including phenoxy) is 1. The van der Waals surface area contributed by atoms with E-state index < -0.39 is 0 Å². The summed E-state index contributed by atoms with van der Waals surface area (Å²) in [6.45, 7) is 10.4. The van der Waals surface area contributed by atoms with Crippen molar-refractivity contribution in [2.45, 2.75) is 45.7 Å². The molecule has 0 spiro atoms. The van der Waals surface area contributed by atoms with Gasteiger partial charge in [-0.2, -0.15) is 0 Å². The van der Waals surface area contributed by atoms with E-state index in [0.717, 1.165) is 13.0 Å². The van der Waals surface area contributed by atoms with Crippen molar-refractivity contribution >= 4 is 0 Å². The van der Waals surface area contributed by atoms with Gasteiger partial charge >= 0.3 is 0 Å². The van der Waals surface area contributed by atoms with Crippen molar-refractivity contribution in [2.75, 3.05) is 27.3 Å². The molecule has 0 fully saturated rings. The van der Waals surface area contributed by atoms with Crippen LogP contribution in [0, 0.1) is 5.92 Å². The molecule has 0 aliphatic carbocycles. The fourth-order valence-electron chi connectivity index (χ4n) is 1.68. The molecule has 0 aliphatic rings. The molecule has 3 heteroatoms. The van der Waals surface area contributed by atoms with Gasteiger partial charge in [0.25, 0.3) is 0 Å². The van der Waals surface area contributed by atoms with Crippen molar-refractivity contribution in [3.8, 4) is 0 Å². The fraction of sp³-hybridized carbons (Fsp3) is 1.00. The highest BCUT2D eigenvalue weighted by atomic mass is 16.5. The van der Waals surface area contributed by atoms with Crippen LogP contribution in [0.15, 0.2) is 0 Å². The topological polar surface area (TPSA) is 38.5 Å². The molecule has 92 valence electrons. The summed E-state index contributed by atoms with van der Waals surface area (Å²) >= 11 is 0. The number of rotatable bonds is 7. The lowest BCUT2D eigenvalue weighted by Crippen LogP contribution is -2.55. The van der Waals surface area contributed by atoms with E-state index in [1.165, 1.54) is 0 Å². The Bertz CT molecular complexity index is 173. The van der Waals surface area contributed by atoms with E-state index in [0.29, 0.717) is 18.5 Å². The molecule has 0 amide bonds. The highest BCUT2D eigenvalue weighted by molar-refractivity contribution is 4.88. The number of hydrogen-bond acceptors (Lipinski definition) is 3. The normalized spacial score (nSPS) is 18.2. The van der Waals surface area contributed by atoms with Gasteiger partial charge in [0, 0.05) is 31.8 Å². The summed E-state index contributed by atoms with van der Waals surface area (Å²) in [4.78, 5) is 2.39. The summed E-state index contributed by atoms with van der Waals surface area (Å²) in [5.41, 5.74) is 5.93. The fourth-order valence-corrected chi connectivity index (χ4v) is 1.68. The van der Waals surface area contributed by atoms with Gasteiger partial charge in [-0.3, -0.25) is 4.90 Å². The second-order valence-corrected chi connectivity index (χ2v) is 5.04. The van der Waals surface area contributed by atoms with Crippen LogP contribution in [0.2, 0.25) is 0 Å². The molecular weight excluding hydrogens is 188 g/mol. The summed E-state index contributed by atoms with van der Waals surface area (Å²) in [6, 6.07) is 0.537. The number of methoxy groups -OCH3 is 1. The molecule has 0 aromatic rings. The van der Waals surface area contributed by atoms with E-state index in [-0.39, 0.29) is 5.54 Å². The van der Waals surface area contributed by atoms with E-state index in [9.17, 15) is 0 Å². The predicted octanol–water partition coefficient (Wildman–Crippen LogP) is 1.72. The molecule has 2 unspecified atom stereocenters. The van der Waals surface area contributed by atoms with Gasteiger partial charge in [0.05, 0.1) is 0 Å². The second-order valence-electron chi connectivity index (χ2n) is 5.04. The Morgan fingerprint density at radius 1 is 1.33 bits per heavy atom. The molecule has 15 heavy (non-hydrogen) atoms. The average molecular weight is 216 g/mol. The van der Waals surface area contributed by atoms with Crippen molar-refractivity contribution in [1.82, 2.24) is 4.90 Å². The number of nitrogens with zero attached hydrogens (tertiary/aromatic N) is 1. The Labute approximate surface area is 95.0 Å². The van der Waals surface area contributed by atoms with Crippen molar-refractivity contribution in [3.63, 3.8) is 0 Å². The van der Waals surface area contributed by atoms with Crippen molar-refractivity contribution in [2.24, 2.45) is 11.7 Å². The third-order valence-electron chi connectivity index (χ3n) is 3.71. The number of likely N-dealkylation sites (N-methyl/N-ethyl adjacent to an activating group) is 1. The Hall–Kier alpha value is -0.120. The standard InChI is InChI=1S/C12H28N2O/c1-10(2)11(3)14(5)12(4,9-13)7-8-15-6/h10-11H,7-9,13H2,1-6H3. The quantitative estimate of drug-likeness (QED) is 0.704. The Morgan fingerprint density at radius 2 is 1.87 bits per heavy atom. The molecule has 0 bridgehead atoms.